The number of nitrogens with zero attached hydrogens (tertiary/aromatic N) is 1. The van der Waals surface area contributed by atoms with Crippen LogP contribution in [0.15, 0.2) is 11.6 Å². The van der Waals surface area contributed by atoms with E-state index in [4.69, 9.17) is 4.74 Å². The van der Waals surface area contributed by atoms with Crippen LogP contribution in [0, 0.1) is 0 Å². The maximum Gasteiger partial charge on any atom is 0.246 e. The minimum absolute atomic E-state index is 0.0737. The van der Waals surface area contributed by atoms with Crippen LogP contribution in [0.3, 0.4) is 0 Å². The average molecular weight is 211 g/mol. The van der Waals surface area contributed by atoms with Crippen LogP contribution in [-0.2, 0) is 9.53 Å². The SMILES string of the molecule is CC(C)=CC(=O)N(C)C1CC(C)OC1C. The van der Waals surface area contributed by atoms with Gasteiger partial charge in [-0.25, -0.2) is 0 Å². The van der Waals surface area contributed by atoms with Crippen LogP contribution in [0.4, 0.5) is 0 Å². The molecule has 0 aliphatic carbocycles. The molecule has 0 N–H and O–H groups in total. The van der Waals surface area contributed by atoms with Crippen molar-refractivity contribution in [2.24, 2.45) is 0 Å². The molecule has 1 fully saturated rings. The minimum atomic E-state index is 0.0737. The molecule has 0 aromatic carbocycles. The summed E-state index contributed by atoms with van der Waals surface area (Å²) in [6.07, 6.45) is 3.00. The van der Waals surface area contributed by atoms with E-state index in [0.29, 0.717) is 0 Å². The van der Waals surface area contributed by atoms with Crippen LogP contribution >= 0.6 is 0 Å². The van der Waals surface area contributed by atoms with Crippen LogP contribution in [-0.4, -0.2) is 36.1 Å². The highest BCUT2D eigenvalue weighted by atomic mass is 16.5. The Hall–Kier alpha value is -0.830. The van der Waals surface area contributed by atoms with Crippen LogP contribution < -0.4 is 0 Å². The van der Waals surface area contributed by atoms with Gasteiger partial charge in [0.1, 0.15) is 0 Å². The molecule has 0 spiro atoms. The van der Waals surface area contributed by atoms with E-state index in [9.17, 15) is 4.79 Å². The fourth-order valence-electron chi connectivity index (χ4n) is 2.03. The molecule has 1 aliphatic heterocycles. The number of hydrogen-bond acceptors (Lipinski definition) is 2. The second kappa shape index (κ2) is 4.79. The minimum Gasteiger partial charge on any atom is -0.373 e. The predicted molar refractivity (Wildman–Crippen MR) is 60.6 cm³/mol. The van der Waals surface area contributed by atoms with Crippen molar-refractivity contribution >= 4 is 5.91 Å². The van der Waals surface area contributed by atoms with E-state index < -0.39 is 0 Å². The Morgan fingerprint density at radius 2 is 2.00 bits per heavy atom. The fourth-order valence-corrected chi connectivity index (χ4v) is 2.03. The molecule has 1 aliphatic rings. The highest BCUT2D eigenvalue weighted by Gasteiger charge is 2.33. The van der Waals surface area contributed by atoms with Crippen LogP contribution in [0.5, 0.6) is 0 Å². The van der Waals surface area contributed by atoms with Gasteiger partial charge in [0.05, 0.1) is 18.2 Å². The Morgan fingerprint density at radius 1 is 1.40 bits per heavy atom. The molecule has 15 heavy (non-hydrogen) atoms. The van der Waals surface area contributed by atoms with Crippen molar-refractivity contribution in [3.63, 3.8) is 0 Å². The normalized spacial score (nSPS) is 30.1. The first-order chi connectivity index (χ1) is 6.91. The Morgan fingerprint density at radius 3 is 2.40 bits per heavy atom. The van der Waals surface area contributed by atoms with Gasteiger partial charge in [0.15, 0.2) is 0 Å². The summed E-state index contributed by atoms with van der Waals surface area (Å²) in [6, 6.07) is 0.211. The third-order valence-electron chi connectivity index (χ3n) is 2.82. The Labute approximate surface area is 92.1 Å². The molecule has 0 radical (unpaired) electrons. The molecule has 86 valence electrons. The number of hydrogen-bond donors (Lipinski definition) is 0. The quantitative estimate of drug-likeness (QED) is 0.654. The first-order valence-corrected chi connectivity index (χ1v) is 5.49. The summed E-state index contributed by atoms with van der Waals surface area (Å²) in [5.41, 5.74) is 1.03. The summed E-state index contributed by atoms with van der Waals surface area (Å²) in [5.74, 6) is 0.0737. The summed E-state index contributed by atoms with van der Waals surface area (Å²) < 4.78 is 5.64. The molecule has 3 heteroatoms. The summed E-state index contributed by atoms with van der Waals surface area (Å²) >= 11 is 0. The predicted octanol–water partition coefficient (Wildman–Crippen LogP) is 1.98. The van der Waals surface area contributed by atoms with Crippen molar-refractivity contribution in [3.05, 3.63) is 11.6 Å². The molecule has 0 aromatic heterocycles. The number of amides is 1. The molecule has 3 nitrogen and oxygen atoms in total. The molecular weight excluding hydrogens is 190 g/mol. The molecule has 1 amide bonds. The van der Waals surface area contributed by atoms with Gasteiger partial charge in [0.25, 0.3) is 0 Å². The maximum absolute atomic E-state index is 11.8. The zero-order valence-electron chi connectivity index (χ0n) is 10.3. The number of allylic oxidation sites excluding steroid dienone is 1. The second-order valence-corrected chi connectivity index (χ2v) is 4.63. The highest BCUT2D eigenvalue weighted by molar-refractivity contribution is 5.88. The fraction of sp³-hybridized carbons (Fsp3) is 0.750. The lowest BCUT2D eigenvalue weighted by molar-refractivity contribution is -0.127. The van der Waals surface area contributed by atoms with Gasteiger partial charge in [-0.1, -0.05) is 5.57 Å². The molecular formula is C12H21NO2. The van der Waals surface area contributed by atoms with Gasteiger partial charge in [0, 0.05) is 13.1 Å². The first kappa shape index (κ1) is 12.2. The topological polar surface area (TPSA) is 29.5 Å². The number of likely N-dealkylation sites (N-methyl/N-ethyl adjacent to an activating group) is 1. The average Bonchev–Trinajstić information content (AvgIpc) is 2.42. The monoisotopic (exact) mass is 211 g/mol. The molecule has 1 heterocycles. The lowest BCUT2D eigenvalue weighted by Gasteiger charge is -2.25. The van der Waals surface area contributed by atoms with E-state index in [1.807, 2.05) is 27.8 Å². The molecule has 0 aromatic rings. The Bertz CT molecular complexity index is 269. The second-order valence-electron chi connectivity index (χ2n) is 4.63. The standard InChI is InChI=1S/C12H21NO2/c1-8(2)6-12(14)13(5)11-7-9(3)15-10(11)4/h6,9-11H,7H2,1-5H3. The van der Waals surface area contributed by atoms with E-state index in [0.717, 1.165) is 12.0 Å². The molecule has 3 atom stereocenters. The number of carbonyl (C=O) groups excluding carboxylic acids is 1. The van der Waals surface area contributed by atoms with Crippen molar-refractivity contribution in [1.82, 2.24) is 4.90 Å². The maximum atomic E-state index is 11.8. The lowest BCUT2D eigenvalue weighted by Crippen LogP contribution is -2.40. The van der Waals surface area contributed by atoms with Crippen molar-refractivity contribution in [3.8, 4) is 0 Å². The van der Waals surface area contributed by atoms with Gasteiger partial charge < -0.3 is 9.64 Å². The lowest BCUT2D eigenvalue weighted by atomic mass is 10.1. The van der Waals surface area contributed by atoms with Gasteiger partial charge >= 0.3 is 0 Å². The zero-order valence-corrected chi connectivity index (χ0v) is 10.3. The van der Waals surface area contributed by atoms with Crippen LogP contribution in [0.2, 0.25) is 0 Å². The van der Waals surface area contributed by atoms with E-state index in [1.165, 1.54) is 0 Å². The largest absolute Gasteiger partial charge is 0.373 e. The van der Waals surface area contributed by atoms with E-state index >= 15 is 0 Å². The van der Waals surface area contributed by atoms with E-state index in [2.05, 4.69) is 6.92 Å². The molecule has 0 saturated carbocycles. The van der Waals surface area contributed by atoms with Crippen LogP contribution in [0.1, 0.15) is 34.1 Å². The molecule has 0 bridgehead atoms. The highest BCUT2D eigenvalue weighted by Crippen LogP contribution is 2.23. The molecule has 1 saturated heterocycles. The Balaban J connectivity index is 2.64. The molecule has 1 rings (SSSR count). The van der Waals surface area contributed by atoms with Gasteiger partial charge in [-0.3, -0.25) is 4.79 Å². The smallest absolute Gasteiger partial charge is 0.246 e. The third kappa shape index (κ3) is 3.06. The zero-order chi connectivity index (χ0) is 11.6. The van der Waals surface area contributed by atoms with Gasteiger partial charge in [-0.05, 0) is 34.1 Å². The number of rotatable bonds is 2. The van der Waals surface area contributed by atoms with Crippen LogP contribution in [0.25, 0.3) is 0 Å². The summed E-state index contributed by atoms with van der Waals surface area (Å²) in [4.78, 5) is 13.6. The van der Waals surface area contributed by atoms with E-state index in [1.54, 1.807) is 11.0 Å². The third-order valence-corrected chi connectivity index (χ3v) is 2.82. The van der Waals surface area contributed by atoms with Crippen molar-refractivity contribution in [2.45, 2.75) is 52.4 Å². The van der Waals surface area contributed by atoms with Gasteiger partial charge in [-0.15, -0.1) is 0 Å². The first-order valence-electron chi connectivity index (χ1n) is 5.49. The number of ether oxygens (including phenoxy) is 1. The van der Waals surface area contributed by atoms with Gasteiger partial charge in [-0.2, -0.15) is 0 Å². The summed E-state index contributed by atoms with van der Waals surface area (Å²) in [6.45, 7) is 7.95. The molecule has 3 unspecified atom stereocenters. The number of carbonyl (C=O) groups is 1. The Kier molecular flexibility index (Phi) is 3.91. The van der Waals surface area contributed by atoms with E-state index in [-0.39, 0.29) is 24.2 Å². The summed E-state index contributed by atoms with van der Waals surface area (Å²) in [5, 5.41) is 0. The summed E-state index contributed by atoms with van der Waals surface area (Å²) in [7, 11) is 1.85. The van der Waals surface area contributed by atoms with Crippen molar-refractivity contribution < 1.29 is 9.53 Å². The van der Waals surface area contributed by atoms with Crippen molar-refractivity contribution in [1.29, 1.82) is 0 Å². The van der Waals surface area contributed by atoms with Crippen molar-refractivity contribution in [2.75, 3.05) is 7.05 Å². The van der Waals surface area contributed by atoms with Gasteiger partial charge in [0.2, 0.25) is 5.91 Å².